The average Bonchev–Trinajstić information content (AvgIpc) is 3.08. The van der Waals surface area contributed by atoms with Crippen molar-refractivity contribution in [3.8, 4) is 0 Å². The summed E-state index contributed by atoms with van der Waals surface area (Å²) in [6, 6.07) is 0. The summed E-state index contributed by atoms with van der Waals surface area (Å²) in [5.74, 6) is 1.18. The summed E-state index contributed by atoms with van der Waals surface area (Å²) in [6.07, 6.45) is 24.1. The third-order valence-corrected chi connectivity index (χ3v) is 6.16. The van der Waals surface area contributed by atoms with Crippen molar-refractivity contribution in [3.05, 3.63) is 12.2 Å². The molecule has 4 heteroatoms. The average molecular weight is 461 g/mol. The van der Waals surface area contributed by atoms with Crippen LogP contribution in [0.4, 0.5) is 0 Å². The molecule has 1 rings (SSSR count). The van der Waals surface area contributed by atoms with Crippen LogP contribution < -0.4 is 0 Å². The number of unbranched alkanes of at least 4 members (excludes halogenated alkanes) is 13. The van der Waals surface area contributed by atoms with E-state index in [1.807, 2.05) is 0 Å². The summed E-state index contributed by atoms with van der Waals surface area (Å²) in [4.78, 5) is 4.67. The second-order valence-electron chi connectivity index (χ2n) is 8.31. The maximum atomic E-state index is 9.35. The molecule has 1 atom stereocenters. The zero-order valence-corrected chi connectivity index (χ0v) is 20.6. The Morgan fingerprint density at radius 1 is 0.857 bits per heavy atom. The predicted molar refractivity (Wildman–Crippen MR) is 130 cm³/mol. The number of hydrogen-bond acceptors (Lipinski definition) is 2. The molecular weight excluding hydrogens is 412 g/mol. The van der Waals surface area contributed by atoms with Gasteiger partial charge < -0.3 is 5.11 Å². The first-order valence-corrected chi connectivity index (χ1v) is 12.0. The van der Waals surface area contributed by atoms with Crippen molar-refractivity contribution in [1.82, 2.24) is 0 Å². The van der Waals surface area contributed by atoms with E-state index in [1.165, 1.54) is 95.7 Å². The number of halogens is 1. The third-order valence-electron chi connectivity index (χ3n) is 6.16. The van der Waals surface area contributed by atoms with Gasteiger partial charge in [-0.3, -0.25) is 4.48 Å². The van der Waals surface area contributed by atoms with Crippen LogP contribution in [0, 0.1) is 0 Å². The summed E-state index contributed by atoms with van der Waals surface area (Å²) in [5, 5.41) is 9.35. The first-order valence-electron chi connectivity index (χ1n) is 12.0. The zero-order valence-electron chi connectivity index (χ0n) is 18.8. The zero-order chi connectivity index (χ0) is 19.6. The Hall–Kier alpha value is -0.190. The summed E-state index contributed by atoms with van der Waals surface area (Å²) in [6.45, 7) is 8.54. The van der Waals surface area contributed by atoms with Crippen molar-refractivity contribution < 1.29 is 9.59 Å². The van der Waals surface area contributed by atoms with Gasteiger partial charge in [-0.15, -0.1) is 17.0 Å². The number of aliphatic hydroxyl groups is 1. The second kappa shape index (κ2) is 18.8. The number of hydrogen-bond donors (Lipinski definition) is 1. The van der Waals surface area contributed by atoms with Gasteiger partial charge in [-0.05, 0) is 19.8 Å². The minimum atomic E-state index is 0. The molecule has 0 saturated carbocycles. The highest BCUT2D eigenvalue weighted by Gasteiger charge is 2.34. The highest BCUT2D eigenvalue weighted by atomic mass is 79.9. The van der Waals surface area contributed by atoms with Crippen LogP contribution >= 0.6 is 17.0 Å². The lowest BCUT2D eigenvalue weighted by Gasteiger charge is -2.31. The van der Waals surface area contributed by atoms with Gasteiger partial charge in [-0.1, -0.05) is 90.0 Å². The number of quaternary nitrogens is 1. The van der Waals surface area contributed by atoms with Gasteiger partial charge in [0.15, 0.2) is 0 Å². The third kappa shape index (κ3) is 11.7. The summed E-state index contributed by atoms with van der Waals surface area (Å²) >= 11 is 0. The standard InChI is InChI=1S/C24H47N2O.BrH/c1-3-5-6-7-8-9-10-11-12-13-14-15-16-17-18-19-24-25-20-21-26(24,4-2)22-23-27;/h18-19,27H,3-17,20-23H2,1-2H3;1H/q+1;. The Labute approximate surface area is 186 Å². The summed E-state index contributed by atoms with van der Waals surface area (Å²) < 4.78 is 0.867. The van der Waals surface area contributed by atoms with Crippen LogP contribution in [0.2, 0.25) is 0 Å². The van der Waals surface area contributed by atoms with Gasteiger partial charge in [0.1, 0.15) is 13.1 Å². The van der Waals surface area contributed by atoms with E-state index in [2.05, 4.69) is 31.0 Å². The molecule has 1 aliphatic rings. The van der Waals surface area contributed by atoms with Gasteiger partial charge in [0.2, 0.25) is 5.84 Å². The minimum Gasteiger partial charge on any atom is -0.390 e. The first-order chi connectivity index (χ1) is 13.3. The van der Waals surface area contributed by atoms with E-state index in [0.29, 0.717) is 0 Å². The molecule has 0 aromatic heterocycles. The number of allylic oxidation sites excluding steroid dienone is 1. The fraction of sp³-hybridized carbons (Fsp3) is 0.875. The van der Waals surface area contributed by atoms with Gasteiger partial charge >= 0.3 is 0 Å². The van der Waals surface area contributed by atoms with Crippen molar-refractivity contribution in [2.24, 2.45) is 4.99 Å². The van der Waals surface area contributed by atoms with Crippen LogP contribution in [-0.4, -0.2) is 48.2 Å². The molecule has 28 heavy (non-hydrogen) atoms. The molecule has 0 fully saturated rings. The van der Waals surface area contributed by atoms with E-state index in [1.54, 1.807) is 0 Å². The summed E-state index contributed by atoms with van der Waals surface area (Å²) in [7, 11) is 0. The van der Waals surface area contributed by atoms with Crippen molar-refractivity contribution in [2.75, 3.05) is 32.8 Å². The van der Waals surface area contributed by atoms with Gasteiger partial charge in [0.25, 0.3) is 0 Å². The Bertz CT molecular complexity index is 411. The summed E-state index contributed by atoms with van der Waals surface area (Å²) in [5.41, 5.74) is 0. The first kappa shape index (κ1) is 27.8. The van der Waals surface area contributed by atoms with Gasteiger partial charge in [0, 0.05) is 6.08 Å². The van der Waals surface area contributed by atoms with E-state index in [-0.39, 0.29) is 23.6 Å². The topological polar surface area (TPSA) is 32.6 Å². The van der Waals surface area contributed by atoms with Crippen LogP contribution in [0.3, 0.4) is 0 Å². The molecule has 3 nitrogen and oxygen atoms in total. The molecule has 1 heterocycles. The molecule has 0 amide bonds. The Morgan fingerprint density at radius 2 is 1.39 bits per heavy atom. The molecule has 1 unspecified atom stereocenters. The second-order valence-corrected chi connectivity index (χ2v) is 8.31. The molecule has 0 radical (unpaired) electrons. The fourth-order valence-electron chi connectivity index (χ4n) is 4.20. The van der Waals surface area contributed by atoms with Crippen LogP contribution in [0.25, 0.3) is 0 Å². The number of nitrogens with zero attached hydrogens (tertiary/aromatic N) is 2. The number of likely N-dealkylation sites (N-methyl/N-ethyl adjacent to an activating group) is 1. The van der Waals surface area contributed by atoms with E-state index in [0.717, 1.165) is 30.7 Å². The normalized spacial score (nSPS) is 19.2. The van der Waals surface area contributed by atoms with Gasteiger partial charge in [-0.25, -0.2) is 4.99 Å². The monoisotopic (exact) mass is 459 g/mol. The highest BCUT2D eigenvalue weighted by molar-refractivity contribution is 8.93. The molecule has 0 saturated heterocycles. The molecule has 166 valence electrons. The maximum Gasteiger partial charge on any atom is 0.222 e. The van der Waals surface area contributed by atoms with Crippen LogP contribution in [0.15, 0.2) is 17.1 Å². The number of rotatable bonds is 18. The lowest BCUT2D eigenvalue weighted by atomic mass is 10.0. The molecule has 0 aliphatic carbocycles. The Morgan fingerprint density at radius 3 is 1.89 bits per heavy atom. The molecule has 0 bridgehead atoms. The van der Waals surface area contributed by atoms with Gasteiger partial charge in [0.05, 0.1) is 19.7 Å². The van der Waals surface area contributed by atoms with Crippen LogP contribution in [0.5, 0.6) is 0 Å². The Balaban J connectivity index is 0.00000729. The van der Waals surface area contributed by atoms with Crippen molar-refractivity contribution in [3.63, 3.8) is 0 Å². The highest BCUT2D eigenvalue weighted by Crippen LogP contribution is 2.17. The van der Waals surface area contributed by atoms with E-state index in [4.69, 9.17) is 0 Å². The molecule has 1 N–H and O–H groups in total. The molecule has 0 spiro atoms. The van der Waals surface area contributed by atoms with E-state index < -0.39 is 0 Å². The number of aliphatic hydroxyl groups excluding tert-OH is 1. The molecule has 1 aliphatic heterocycles. The quantitative estimate of drug-likeness (QED) is 0.176. The van der Waals surface area contributed by atoms with Gasteiger partial charge in [-0.2, -0.15) is 0 Å². The fourth-order valence-corrected chi connectivity index (χ4v) is 4.20. The van der Waals surface area contributed by atoms with Crippen LogP contribution in [0.1, 0.15) is 104 Å². The lowest BCUT2D eigenvalue weighted by molar-refractivity contribution is -0.832. The Kier molecular flexibility index (Phi) is 18.7. The smallest absolute Gasteiger partial charge is 0.222 e. The van der Waals surface area contributed by atoms with Crippen molar-refractivity contribution in [2.45, 2.75) is 104 Å². The lowest BCUT2D eigenvalue weighted by Crippen LogP contribution is -2.51. The predicted octanol–water partition coefficient (Wildman–Crippen LogP) is 6.84. The van der Waals surface area contributed by atoms with E-state index >= 15 is 0 Å². The largest absolute Gasteiger partial charge is 0.390 e. The molecular formula is C24H48BrN2O+. The molecule has 0 aromatic carbocycles. The van der Waals surface area contributed by atoms with Crippen LogP contribution in [-0.2, 0) is 0 Å². The van der Waals surface area contributed by atoms with E-state index in [9.17, 15) is 5.11 Å². The SMILES string of the molecule is Br.CCCCCCCCCCCCCCCC=CC1=NCC[N+]1(CC)CCO. The van der Waals surface area contributed by atoms with Crippen molar-refractivity contribution in [1.29, 1.82) is 0 Å². The maximum absolute atomic E-state index is 9.35. The molecule has 0 aromatic rings. The van der Waals surface area contributed by atoms with Crippen molar-refractivity contribution >= 4 is 22.8 Å². The number of aliphatic imine (C=N–C) groups is 1. The number of amidine groups is 1. The minimum absolute atomic E-state index is 0.